The number of primary sulfonamides is 1. The van der Waals surface area contributed by atoms with E-state index < -0.39 is 10.0 Å². The summed E-state index contributed by atoms with van der Waals surface area (Å²) in [6.07, 6.45) is 1.85. The predicted molar refractivity (Wildman–Crippen MR) is 78.6 cm³/mol. The van der Waals surface area contributed by atoms with Gasteiger partial charge in [0.25, 0.3) is 0 Å². The molecule has 0 heterocycles. The molecule has 0 aliphatic heterocycles. The molecule has 1 aromatic rings. The Morgan fingerprint density at radius 3 is 2.26 bits per heavy atom. The maximum absolute atomic E-state index is 11.7. The fraction of sp³-hybridized carbons (Fsp3) is 0.538. The van der Waals surface area contributed by atoms with Crippen LogP contribution in [0.4, 0.5) is 5.69 Å². The number of hydrogen-bond acceptors (Lipinski definition) is 4. The number of rotatable bonds is 7. The van der Waals surface area contributed by atoms with E-state index in [1.807, 2.05) is 11.0 Å². The third-order valence-corrected chi connectivity index (χ3v) is 4.19. The lowest BCUT2D eigenvalue weighted by Gasteiger charge is -2.33. The number of nitrogens with zero attached hydrogens (tertiary/aromatic N) is 1. The Morgan fingerprint density at radius 1 is 1.21 bits per heavy atom. The standard InChI is InChI=1S/C13H23N3O2S/c1-3-11(4-2)16(10-9-14)12-7-5-6-8-13(12)19(15,17)18/h5-8,11H,3-4,9-10,14H2,1-2H3,(H2,15,17,18). The lowest BCUT2D eigenvalue weighted by atomic mass is 10.1. The van der Waals surface area contributed by atoms with Crippen LogP contribution in [0.2, 0.25) is 0 Å². The van der Waals surface area contributed by atoms with Gasteiger partial charge in [-0.2, -0.15) is 0 Å². The van der Waals surface area contributed by atoms with Crippen LogP contribution in [0.5, 0.6) is 0 Å². The van der Waals surface area contributed by atoms with Gasteiger partial charge in [-0.15, -0.1) is 0 Å². The Morgan fingerprint density at radius 2 is 1.79 bits per heavy atom. The fourth-order valence-electron chi connectivity index (χ4n) is 2.30. The number of hydrogen-bond donors (Lipinski definition) is 2. The minimum atomic E-state index is -3.73. The minimum absolute atomic E-state index is 0.162. The van der Waals surface area contributed by atoms with Crippen LogP contribution in [0.3, 0.4) is 0 Å². The van der Waals surface area contributed by atoms with Gasteiger partial charge in [0.2, 0.25) is 10.0 Å². The van der Waals surface area contributed by atoms with Crippen LogP contribution >= 0.6 is 0 Å². The maximum Gasteiger partial charge on any atom is 0.240 e. The van der Waals surface area contributed by atoms with E-state index in [2.05, 4.69) is 13.8 Å². The average molecular weight is 285 g/mol. The first-order valence-corrected chi connectivity index (χ1v) is 8.08. The summed E-state index contributed by atoms with van der Waals surface area (Å²) in [5, 5.41) is 5.29. The van der Waals surface area contributed by atoms with Crippen molar-refractivity contribution >= 4 is 15.7 Å². The van der Waals surface area contributed by atoms with Gasteiger partial charge >= 0.3 is 0 Å². The van der Waals surface area contributed by atoms with Crippen molar-refractivity contribution in [3.8, 4) is 0 Å². The second-order valence-corrected chi connectivity index (χ2v) is 5.99. The van der Waals surface area contributed by atoms with E-state index in [9.17, 15) is 8.42 Å². The fourth-order valence-corrected chi connectivity index (χ4v) is 3.05. The highest BCUT2D eigenvalue weighted by Gasteiger charge is 2.22. The Bertz CT molecular complexity index is 498. The van der Waals surface area contributed by atoms with E-state index in [0.29, 0.717) is 18.8 Å². The molecule has 0 atom stereocenters. The first-order valence-electron chi connectivity index (χ1n) is 6.54. The van der Waals surface area contributed by atoms with E-state index in [1.165, 1.54) is 6.07 Å². The molecule has 0 spiro atoms. The van der Waals surface area contributed by atoms with Crippen molar-refractivity contribution < 1.29 is 8.42 Å². The van der Waals surface area contributed by atoms with Crippen LogP contribution in [0.25, 0.3) is 0 Å². The number of benzene rings is 1. The predicted octanol–water partition coefficient (Wildman–Crippen LogP) is 1.29. The highest BCUT2D eigenvalue weighted by molar-refractivity contribution is 7.89. The highest BCUT2D eigenvalue weighted by atomic mass is 32.2. The average Bonchev–Trinajstić information content (AvgIpc) is 2.38. The van der Waals surface area contributed by atoms with Crippen molar-refractivity contribution in [2.75, 3.05) is 18.0 Å². The number of para-hydroxylation sites is 1. The Balaban J connectivity index is 3.30. The molecule has 1 aromatic carbocycles. The maximum atomic E-state index is 11.7. The minimum Gasteiger partial charge on any atom is -0.366 e. The lowest BCUT2D eigenvalue weighted by molar-refractivity contribution is 0.553. The summed E-state index contributed by atoms with van der Waals surface area (Å²) in [6, 6.07) is 7.07. The van der Waals surface area contributed by atoms with Gasteiger partial charge in [0.1, 0.15) is 4.90 Å². The van der Waals surface area contributed by atoms with Gasteiger partial charge in [-0.3, -0.25) is 0 Å². The van der Waals surface area contributed by atoms with Crippen molar-refractivity contribution in [3.05, 3.63) is 24.3 Å². The Kier molecular flexibility index (Phi) is 5.78. The Hall–Kier alpha value is -1.11. The largest absolute Gasteiger partial charge is 0.366 e. The molecular weight excluding hydrogens is 262 g/mol. The molecule has 0 aromatic heterocycles. The molecule has 4 N–H and O–H groups in total. The van der Waals surface area contributed by atoms with Crippen LogP contribution in [-0.4, -0.2) is 27.5 Å². The molecule has 0 fully saturated rings. The van der Waals surface area contributed by atoms with Crippen LogP contribution in [0.15, 0.2) is 29.2 Å². The van der Waals surface area contributed by atoms with Gasteiger partial charge in [-0.1, -0.05) is 26.0 Å². The summed E-state index contributed by atoms with van der Waals surface area (Å²) in [6.45, 7) is 5.24. The SMILES string of the molecule is CCC(CC)N(CCN)c1ccccc1S(N)(=O)=O. The molecule has 0 aliphatic carbocycles. The van der Waals surface area contributed by atoms with Crippen molar-refractivity contribution in [2.45, 2.75) is 37.6 Å². The number of nitrogens with two attached hydrogens (primary N) is 2. The summed E-state index contributed by atoms with van der Waals surface area (Å²) in [7, 11) is -3.73. The summed E-state index contributed by atoms with van der Waals surface area (Å²) >= 11 is 0. The molecule has 0 radical (unpaired) electrons. The second kappa shape index (κ2) is 6.88. The van der Waals surface area contributed by atoms with Crippen LogP contribution in [0.1, 0.15) is 26.7 Å². The lowest BCUT2D eigenvalue weighted by Crippen LogP contribution is -2.39. The normalized spacial score (nSPS) is 11.8. The number of sulfonamides is 1. The summed E-state index contributed by atoms with van der Waals surface area (Å²) in [4.78, 5) is 2.20. The van der Waals surface area contributed by atoms with Gasteiger partial charge < -0.3 is 10.6 Å². The van der Waals surface area contributed by atoms with Crippen LogP contribution < -0.4 is 15.8 Å². The zero-order valence-corrected chi connectivity index (χ0v) is 12.4. The summed E-state index contributed by atoms with van der Waals surface area (Å²) in [5.41, 5.74) is 6.29. The van der Waals surface area contributed by atoms with Gasteiger partial charge in [0, 0.05) is 19.1 Å². The monoisotopic (exact) mass is 285 g/mol. The van der Waals surface area contributed by atoms with Crippen LogP contribution in [0, 0.1) is 0 Å². The molecular formula is C13H23N3O2S. The molecule has 5 nitrogen and oxygen atoms in total. The smallest absolute Gasteiger partial charge is 0.240 e. The van der Waals surface area contributed by atoms with Gasteiger partial charge in [-0.05, 0) is 25.0 Å². The van der Waals surface area contributed by atoms with Crippen molar-refractivity contribution in [1.82, 2.24) is 0 Å². The summed E-state index contributed by atoms with van der Waals surface area (Å²) in [5.74, 6) is 0. The number of anilines is 1. The molecule has 6 heteroatoms. The molecule has 1 rings (SSSR count). The summed E-state index contributed by atoms with van der Waals surface area (Å²) < 4.78 is 23.4. The molecule has 0 bridgehead atoms. The molecule has 108 valence electrons. The van der Waals surface area contributed by atoms with E-state index in [-0.39, 0.29) is 10.9 Å². The van der Waals surface area contributed by atoms with Gasteiger partial charge in [-0.25, -0.2) is 13.6 Å². The molecule has 0 amide bonds. The quantitative estimate of drug-likeness (QED) is 0.790. The van der Waals surface area contributed by atoms with E-state index in [0.717, 1.165) is 12.8 Å². The molecule has 19 heavy (non-hydrogen) atoms. The molecule has 0 saturated heterocycles. The zero-order chi connectivity index (χ0) is 14.5. The highest BCUT2D eigenvalue weighted by Crippen LogP contribution is 2.27. The third-order valence-electron chi connectivity index (χ3n) is 3.23. The molecule has 0 aliphatic rings. The van der Waals surface area contributed by atoms with Crippen LogP contribution in [-0.2, 0) is 10.0 Å². The van der Waals surface area contributed by atoms with Gasteiger partial charge in [0.05, 0.1) is 5.69 Å². The van der Waals surface area contributed by atoms with Gasteiger partial charge in [0.15, 0.2) is 0 Å². The Labute approximate surface area is 115 Å². The van der Waals surface area contributed by atoms with Crippen molar-refractivity contribution in [3.63, 3.8) is 0 Å². The first kappa shape index (κ1) is 15.9. The van der Waals surface area contributed by atoms with Crippen molar-refractivity contribution in [2.24, 2.45) is 10.9 Å². The zero-order valence-electron chi connectivity index (χ0n) is 11.5. The topological polar surface area (TPSA) is 89.4 Å². The van der Waals surface area contributed by atoms with E-state index in [1.54, 1.807) is 12.1 Å². The van der Waals surface area contributed by atoms with Crippen molar-refractivity contribution in [1.29, 1.82) is 0 Å². The molecule has 0 unspecified atom stereocenters. The third kappa shape index (κ3) is 3.92. The molecule has 0 saturated carbocycles. The van der Waals surface area contributed by atoms with E-state index >= 15 is 0 Å². The second-order valence-electron chi connectivity index (χ2n) is 4.47. The van der Waals surface area contributed by atoms with E-state index in [4.69, 9.17) is 10.9 Å². The first-order chi connectivity index (χ1) is 8.95.